The zero-order chi connectivity index (χ0) is 22.2. The second-order valence-electron chi connectivity index (χ2n) is 9.03. The van der Waals surface area contributed by atoms with Crippen molar-refractivity contribution in [2.75, 3.05) is 26.3 Å². The van der Waals surface area contributed by atoms with E-state index in [9.17, 15) is 19.5 Å². The zero-order valence-electron chi connectivity index (χ0n) is 18.2. The van der Waals surface area contributed by atoms with E-state index >= 15 is 0 Å². The number of allylic oxidation sites excluding steroid dienone is 1. The average Bonchev–Trinajstić information content (AvgIpc) is 3.13. The number of unbranched alkanes of at least 4 members (excludes halogenated alkanes) is 1. The molecular formula is C23H32N2O5S. The van der Waals surface area contributed by atoms with Crippen molar-refractivity contribution in [3.8, 4) is 0 Å². The van der Waals surface area contributed by atoms with Crippen LogP contribution in [0.2, 0.25) is 0 Å². The first kappa shape index (κ1) is 22.4. The Labute approximate surface area is 187 Å². The Morgan fingerprint density at radius 1 is 1.23 bits per heavy atom. The molecule has 4 aliphatic rings. The molecule has 4 rings (SSSR count). The fourth-order valence-electron chi connectivity index (χ4n) is 5.37. The van der Waals surface area contributed by atoms with Crippen LogP contribution in [0.4, 0.5) is 0 Å². The third-order valence-electron chi connectivity index (χ3n) is 6.81. The van der Waals surface area contributed by atoms with Gasteiger partial charge >= 0.3 is 5.97 Å². The highest BCUT2D eigenvalue weighted by molar-refractivity contribution is 8.02. The molecule has 0 aromatic rings. The van der Waals surface area contributed by atoms with Gasteiger partial charge in [0.25, 0.3) is 0 Å². The standard InChI is InChI=1S/C23H32N2O5S/c1-15(2)24-12-8-10-23-18(17-16(31-23)9-4-3-7-14-30-22(17)29)20(27)25(11-5-6-13-26)19(23)21(24)28/h4,8-10,15-19,26H,3,5-7,11-14H2,1-2H3/b9-4-/t16-,17+,18+,19?,23+/m1/s1. The molecular weight excluding hydrogens is 416 g/mol. The number of carbonyl (C=O) groups is 3. The number of carbonyl (C=O) groups excluding carboxylic acids is 3. The zero-order valence-corrected chi connectivity index (χ0v) is 19.1. The molecule has 2 fully saturated rings. The Kier molecular flexibility index (Phi) is 6.49. The minimum Gasteiger partial charge on any atom is -0.465 e. The predicted octanol–water partition coefficient (Wildman–Crippen LogP) is 1.76. The maximum Gasteiger partial charge on any atom is 0.311 e. The lowest BCUT2D eigenvalue weighted by molar-refractivity contribution is -0.153. The molecule has 170 valence electrons. The summed E-state index contributed by atoms with van der Waals surface area (Å²) in [5.74, 6) is -1.75. The molecule has 0 radical (unpaired) electrons. The van der Waals surface area contributed by atoms with Crippen LogP contribution in [0.25, 0.3) is 0 Å². The number of hydrogen-bond acceptors (Lipinski definition) is 6. The first-order valence-electron chi connectivity index (χ1n) is 11.3. The second-order valence-corrected chi connectivity index (χ2v) is 10.5. The number of rotatable bonds is 5. The van der Waals surface area contributed by atoms with Crippen LogP contribution in [0.1, 0.15) is 39.5 Å². The van der Waals surface area contributed by atoms with Crippen LogP contribution in [0.3, 0.4) is 0 Å². The Hall–Kier alpha value is -1.80. The van der Waals surface area contributed by atoms with Crippen molar-refractivity contribution in [2.24, 2.45) is 11.8 Å². The monoisotopic (exact) mass is 448 g/mol. The summed E-state index contributed by atoms with van der Waals surface area (Å²) in [6.45, 7) is 5.25. The van der Waals surface area contributed by atoms with Gasteiger partial charge in [0.1, 0.15) is 6.04 Å². The Morgan fingerprint density at radius 2 is 2.03 bits per heavy atom. The lowest BCUT2D eigenvalue weighted by atomic mass is 9.78. The summed E-state index contributed by atoms with van der Waals surface area (Å²) in [6, 6.07) is -0.638. The van der Waals surface area contributed by atoms with Crippen molar-refractivity contribution in [3.05, 3.63) is 24.3 Å². The number of likely N-dealkylation sites (tertiary alicyclic amines) is 1. The number of fused-ring (bicyclic) bond motifs is 2. The molecule has 1 N–H and O–H groups in total. The molecule has 2 saturated heterocycles. The van der Waals surface area contributed by atoms with E-state index in [0.717, 1.165) is 12.8 Å². The Balaban J connectivity index is 1.79. The molecule has 1 spiro atoms. The molecule has 0 aromatic carbocycles. The smallest absolute Gasteiger partial charge is 0.311 e. The predicted molar refractivity (Wildman–Crippen MR) is 118 cm³/mol. The van der Waals surface area contributed by atoms with Gasteiger partial charge in [-0.1, -0.05) is 24.3 Å². The quantitative estimate of drug-likeness (QED) is 0.392. The van der Waals surface area contributed by atoms with Gasteiger partial charge in [-0.25, -0.2) is 0 Å². The number of hydrogen-bond donors (Lipinski definition) is 1. The largest absolute Gasteiger partial charge is 0.465 e. The van der Waals surface area contributed by atoms with Gasteiger partial charge in [-0.3, -0.25) is 14.4 Å². The van der Waals surface area contributed by atoms with Gasteiger partial charge in [0, 0.05) is 31.0 Å². The summed E-state index contributed by atoms with van der Waals surface area (Å²) in [5, 5.41) is 9.03. The Morgan fingerprint density at radius 3 is 2.77 bits per heavy atom. The van der Waals surface area contributed by atoms with Crippen molar-refractivity contribution in [1.82, 2.24) is 9.80 Å². The third kappa shape index (κ3) is 3.71. The van der Waals surface area contributed by atoms with E-state index < -0.39 is 22.6 Å². The molecule has 0 bridgehead atoms. The summed E-state index contributed by atoms with van der Waals surface area (Å²) in [7, 11) is 0. The number of ether oxygens (including phenoxy) is 1. The van der Waals surface area contributed by atoms with Gasteiger partial charge < -0.3 is 19.6 Å². The van der Waals surface area contributed by atoms with Gasteiger partial charge in [0.2, 0.25) is 11.8 Å². The van der Waals surface area contributed by atoms with Crippen molar-refractivity contribution in [1.29, 1.82) is 0 Å². The Bertz CT molecular complexity index is 797. The molecule has 5 atom stereocenters. The summed E-state index contributed by atoms with van der Waals surface area (Å²) in [4.78, 5) is 44.1. The van der Waals surface area contributed by atoms with Crippen molar-refractivity contribution in [3.63, 3.8) is 0 Å². The van der Waals surface area contributed by atoms with Crippen LogP contribution in [0, 0.1) is 11.8 Å². The summed E-state index contributed by atoms with van der Waals surface area (Å²) >= 11 is 1.58. The van der Waals surface area contributed by atoms with Gasteiger partial charge in [0.15, 0.2) is 0 Å². The molecule has 0 aliphatic carbocycles. The molecule has 31 heavy (non-hydrogen) atoms. The average molecular weight is 449 g/mol. The van der Waals surface area contributed by atoms with Crippen LogP contribution in [-0.2, 0) is 19.1 Å². The fourth-order valence-corrected chi connectivity index (χ4v) is 7.37. The highest BCUT2D eigenvalue weighted by atomic mass is 32.2. The first-order valence-corrected chi connectivity index (χ1v) is 12.2. The molecule has 8 heteroatoms. The number of esters is 1. The van der Waals surface area contributed by atoms with E-state index in [4.69, 9.17) is 4.74 Å². The third-order valence-corrected chi connectivity index (χ3v) is 8.56. The molecule has 4 heterocycles. The number of aliphatic hydroxyl groups excluding tert-OH is 1. The summed E-state index contributed by atoms with van der Waals surface area (Å²) < 4.78 is 4.76. The number of nitrogens with zero attached hydrogens (tertiary/aromatic N) is 2. The molecule has 1 unspecified atom stereocenters. The highest BCUT2D eigenvalue weighted by Crippen LogP contribution is 2.60. The number of aliphatic hydroxyl groups is 1. The molecule has 0 saturated carbocycles. The van der Waals surface area contributed by atoms with Crippen LogP contribution >= 0.6 is 11.8 Å². The van der Waals surface area contributed by atoms with Crippen LogP contribution in [0.5, 0.6) is 0 Å². The van der Waals surface area contributed by atoms with Crippen LogP contribution in [-0.4, -0.2) is 81.1 Å². The van der Waals surface area contributed by atoms with E-state index in [0.29, 0.717) is 32.5 Å². The van der Waals surface area contributed by atoms with Crippen molar-refractivity contribution >= 4 is 29.5 Å². The van der Waals surface area contributed by atoms with E-state index in [1.165, 1.54) is 0 Å². The minimum atomic E-state index is -0.783. The molecule has 2 amide bonds. The molecule has 4 aliphatic heterocycles. The SMILES string of the molecule is CC(C)N1CC=C[C@]23S[C@@H]4/C=C\CCCOC(=O)[C@@H]4[C@H]2C(=O)N(CCCCO)C3C1=O. The van der Waals surface area contributed by atoms with Gasteiger partial charge in [0.05, 0.1) is 23.2 Å². The molecule has 7 nitrogen and oxygen atoms in total. The van der Waals surface area contributed by atoms with E-state index in [1.54, 1.807) is 16.7 Å². The first-order chi connectivity index (χ1) is 14.9. The van der Waals surface area contributed by atoms with E-state index in [1.807, 2.05) is 37.0 Å². The van der Waals surface area contributed by atoms with Gasteiger partial charge in [-0.2, -0.15) is 0 Å². The maximum absolute atomic E-state index is 13.8. The summed E-state index contributed by atoms with van der Waals surface area (Å²) in [6.07, 6.45) is 10.9. The lowest BCUT2D eigenvalue weighted by Crippen LogP contribution is -2.54. The normalized spacial score (nSPS) is 36.3. The maximum atomic E-state index is 13.8. The highest BCUT2D eigenvalue weighted by Gasteiger charge is 2.70. The lowest BCUT2D eigenvalue weighted by Gasteiger charge is -2.36. The fraction of sp³-hybridized carbons (Fsp3) is 0.696. The van der Waals surface area contributed by atoms with Crippen LogP contribution in [0.15, 0.2) is 24.3 Å². The minimum absolute atomic E-state index is 0.00852. The van der Waals surface area contributed by atoms with Gasteiger partial charge in [-0.05, 0) is 39.5 Å². The topological polar surface area (TPSA) is 87.2 Å². The van der Waals surface area contributed by atoms with E-state index in [-0.39, 0.29) is 35.7 Å². The summed E-state index contributed by atoms with van der Waals surface area (Å²) in [5.41, 5.74) is 0. The number of thioether (sulfide) groups is 1. The van der Waals surface area contributed by atoms with Crippen molar-refractivity contribution < 1.29 is 24.2 Å². The number of cyclic esters (lactones) is 1. The number of amides is 2. The van der Waals surface area contributed by atoms with E-state index in [2.05, 4.69) is 6.08 Å². The van der Waals surface area contributed by atoms with Crippen LogP contribution < -0.4 is 0 Å². The molecule has 0 aromatic heterocycles. The second kappa shape index (κ2) is 8.98. The van der Waals surface area contributed by atoms with Crippen molar-refractivity contribution in [2.45, 2.75) is 61.6 Å². The van der Waals surface area contributed by atoms with Gasteiger partial charge in [-0.15, -0.1) is 11.8 Å².